The first kappa shape index (κ1) is 65.6. The summed E-state index contributed by atoms with van der Waals surface area (Å²) in [4.78, 5) is 13.0. The van der Waals surface area contributed by atoms with E-state index < -0.39 is 49.5 Å². The Morgan fingerprint density at radius 3 is 1.37 bits per heavy atom. The second-order valence-corrected chi connectivity index (χ2v) is 20.0. The van der Waals surface area contributed by atoms with Crippen LogP contribution in [0.15, 0.2) is 72.9 Å². The molecule has 1 aliphatic rings. The molecule has 1 heterocycles. The summed E-state index contributed by atoms with van der Waals surface area (Å²) >= 11 is 0. The highest BCUT2D eigenvalue weighted by Crippen LogP contribution is 2.23. The summed E-state index contributed by atoms with van der Waals surface area (Å²) in [6.07, 6.45) is 63.2. The maximum Gasteiger partial charge on any atom is 0.220 e. The van der Waals surface area contributed by atoms with E-state index in [0.717, 1.165) is 70.6 Å². The van der Waals surface area contributed by atoms with Crippen molar-refractivity contribution in [1.29, 1.82) is 0 Å². The molecule has 1 rings (SSSR count). The summed E-state index contributed by atoms with van der Waals surface area (Å²) in [5, 5.41) is 54.1. The van der Waals surface area contributed by atoms with E-state index in [-0.39, 0.29) is 12.5 Å². The van der Waals surface area contributed by atoms with E-state index in [0.29, 0.717) is 6.42 Å². The summed E-state index contributed by atoms with van der Waals surface area (Å²) in [5.74, 6) is -0.188. The molecule has 70 heavy (non-hydrogen) atoms. The van der Waals surface area contributed by atoms with Gasteiger partial charge in [0.25, 0.3) is 0 Å². The molecule has 0 bridgehead atoms. The van der Waals surface area contributed by atoms with Gasteiger partial charge in [0.05, 0.1) is 25.4 Å². The molecule has 9 heteroatoms. The Kier molecular flexibility index (Phi) is 47.1. The molecule has 406 valence electrons. The molecule has 9 nitrogen and oxygen atoms in total. The first-order chi connectivity index (χ1) is 34.3. The highest BCUT2D eigenvalue weighted by atomic mass is 16.7. The topological polar surface area (TPSA) is 149 Å². The summed E-state index contributed by atoms with van der Waals surface area (Å²) < 4.78 is 11.2. The van der Waals surface area contributed by atoms with Crippen LogP contribution in [-0.4, -0.2) is 87.5 Å². The van der Waals surface area contributed by atoms with Crippen LogP contribution in [0.2, 0.25) is 0 Å². The smallest absolute Gasteiger partial charge is 0.220 e. The van der Waals surface area contributed by atoms with Crippen LogP contribution in [0.1, 0.15) is 251 Å². The third kappa shape index (κ3) is 39.2. The molecular weight excluding hydrogens is 875 g/mol. The van der Waals surface area contributed by atoms with Gasteiger partial charge in [-0.15, -0.1) is 0 Å². The number of allylic oxidation sites excluding steroid dienone is 11. The molecule has 0 spiro atoms. The first-order valence-electron chi connectivity index (χ1n) is 29.2. The molecule has 1 aliphatic heterocycles. The third-order valence-corrected chi connectivity index (χ3v) is 13.5. The van der Waals surface area contributed by atoms with E-state index in [9.17, 15) is 30.3 Å². The van der Waals surface area contributed by atoms with E-state index in [1.54, 1.807) is 6.08 Å². The second-order valence-electron chi connectivity index (χ2n) is 20.0. The predicted molar refractivity (Wildman–Crippen MR) is 295 cm³/mol. The van der Waals surface area contributed by atoms with Crippen LogP contribution < -0.4 is 5.32 Å². The number of unbranched alkanes of at least 4 members (excludes halogenated alkanes) is 29. The number of ether oxygens (including phenoxy) is 2. The fourth-order valence-electron chi connectivity index (χ4n) is 8.92. The van der Waals surface area contributed by atoms with Crippen LogP contribution >= 0.6 is 0 Å². The molecular formula is C61H109NO8. The lowest BCUT2D eigenvalue weighted by atomic mass is 9.99. The standard InChI is InChI=1S/C61H109NO8/c1-3-5-7-9-11-13-14-15-16-17-18-19-20-21-22-23-24-25-26-27-28-29-30-31-32-33-34-35-36-37-38-39-40-41-42-43-45-47-49-51-57(65)62-54(55(64)50-48-46-44-12-10-8-6-4-2)53-69-61-60(68)59(67)58(66)56(52-63)70-61/h5,7,10-13,15-16,18-19,48,50,54-56,58-61,63-64,66-68H,3-4,6,8-9,14,17,20-47,49,51-53H2,1-2H3,(H,62,65)/b7-5-,12-10+,13-11-,16-15-,19-18-,50-48+. The Morgan fingerprint density at radius 1 is 0.500 bits per heavy atom. The molecule has 0 saturated carbocycles. The molecule has 0 aromatic heterocycles. The zero-order chi connectivity index (χ0) is 50.8. The minimum Gasteiger partial charge on any atom is -0.394 e. The van der Waals surface area contributed by atoms with Gasteiger partial charge >= 0.3 is 0 Å². The van der Waals surface area contributed by atoms with E-state index in [1.165, 1.54) is 161 Å². The summed E-state index contributed by atoms with van der Waals surface area (Å²) in [5.41, 5.74) is 0. The van der Waals surface area contributed by atoms with Gasteiger partial charge in [-0.25, -0.2) is 0 Å². The fraction of sp³-hybridized carbons (Fsp3) is 0.787. The number of hydrogen-bond acceptors (Lipinski definition) is 8. The Balaban J connectivity index is 1.98. The normalized spacial score (nSPS) is 19.9. The Morgan fingerprint density at radius 2 is 0.900 bits per heavy atom. The summed E-state index contributed by atoms with van der Waals surface area (Å²) in [7, 11) is 0. The highest BCUT2D eigenvalue weighted by Gasteiger charge is 2.44. The van der Waals surface area contributed by atoms with Crippen LogP contribution in [0.4, 0.5) is 0 Å². The van der Waals surface area contributed by atoms with Gasteiger partial charge in [-0.3, -0.25) is 4.79 Å². The molecule has 1 fully saturated rings. The van der Waals surface area contributed by atoms with Gasteiger partial charge in [-0.2, -0.15) is 0 Å². The number of amides is 1. The lowest BCUT2D eigenvalue weighted by molar-refractivity contribution is -0.302. The van der Waals surface area contributed by atoms with Crippen molar-refractivity contribution in [3.05, 3.63) is 72.9 Å². The SMILES string of the molecule is CC/C=C\C/C=C\C/C=C\C/C=C\CCCCCCCCCCCCCCCCCCCCCCCCCCCCC(=O)NC(COC1OC(CO)C(O)C(O)C1O)C(O)/C=C/CC/C=C/CCCC. The lowest BCUT2D eigenvalue weighted by Gasteiger charge is -2.40. The van der Waals surface area contributed by atoms with Crippen LogP contribution in [-0.2, 0) is 14.3 Å². The van der Waals surface area contributed by atoms with Gasteiger partial charge in [0.1, 0.15) is 24.4 Å². The predicted octanol–water partition coefficient (Wildman–Crippen LogP) is 14.5. The average Bonchev–Trinajstić information content (AvgIpc) is 3.36. The number of aliphatic hydroxyl groups is 5. The molecule has 0 aromatic carbocycles. The van der Waals surface area contributed by atoms with Crippen LogP contribution in [0.3, 0.4) is 0 Å². The van der Waals surface area contributed by atoms with Gasteiger partial charge in [-0.05, 0) is 64.2 Å². The van der Waals surface area contributed by atoms with Crippen LogP contribution in [0.25, 0.3) is 0 Å². The molecule has 0 aromatic rings. The molecule has 1 saturated heterocycles. The zero-order valence-electron chi connectivity index (χ0n) is 45.0. The van der Waals surface area contributed by atoms with Crippen molar-refractivity contribution in [3.8, 4) is 0 Å². The van der Waals surface area contributed by atoms with Gasteiger partial charge in [0.15, 0.2) is 6.29 Å². The highest BCUT2D eigenvalue weighted by molar-refractivity contribution is 5.76. The van der Waals surface area contributed by atoms with Gasteiger partial charge in [0.2, 0.25) is 5.91 Å². The van der Waals surface area contributed by atoms with Crippen LogP contribution in [0, 0.1) is 0 Å². The number of hydrogen-bond donors (Lipinski definition) is 6. The summed E-state index contributed by atoms with van der Waals surface area (Å²) in [6, 6.07) is -0.819. The van der Waals surface area contributed by atoms with Crippen molar-refractivity contribution in [2.24, 2.45) is 0 Å². The number of carbonyl (C=O) groups is 1. The number of carbonyl (C=O) groups excluding carboxylic acids is 1. The van der Waals surface area contributed by atoms with Crippen molar-refractivity contribution >= 4 is 5.91 Å². The monoisotopic (exact) mass is 984 g/mol. The molecule has 7 unspecified atom stereocenters. The molecule has 6 N–H and O–H groups in total. The Hall–Kier alpha value is -2.37. The van der Waals surface area contributed by atoms with E-state index in [4.69, 9.17) is 9.47 Å². The molecule has 0 aliphatic carbocycles. The van der Waals surface area contributed by atoms with Gasteiger partial charge < -0.3 is 40.3 Å². The lowest BCUT2D eigenvalue weighted by Crippen LogP contribution is -2.60. The Bertz CT molecular complexity index is 1330. The first-order valence-corrected chi connectivity index (χ1v) is 29.2. The molecule has 7 atom stereocenters. The number of nitrogens with one attached hydrogen (secondary N) is 1. The maximum atomic E-state index is 13.0. The largest absolute Gasteiger partial charge is 0.394 e. The van der Waals surface area contributed by atoms with Crippen molar-refractivity contribution in [1.82, 2.24) is 5.32 Å². The molecule has 0 radical (unpaired) electrons. The van der Waals surface area contributed by atoms with Crippen molar-refractivity contribution in [2.75, 3.05) is 13.2 Å². The fourth-order valence-corrected chi connectivity index (χ4v) is 8.92. The summed E-state index contributed by atoms with van der Waals surface area (Å²) in [6.45, 7) is 3.57. The quantitative estimate of drug-likeness (QED) is 0.0261. The number of aliphatic hydroxyl groups excluding tert-OH is 5. The van der Waals surface area contributed by atoms with E-state index in [2.05, 4.69) is 79.9 Å². The van der Waals surface area contributed by atoms with E-state index >= 15 is 0 Å². The van der Waals surface area contributed by atoms with Gasteiger partial charge in [0, 0.05) is 6.42 Å². The zero-order valence-corrected chi connectivity index (χ0v) is 45.0. The third-order valence-electron chi connectivity index (χ3n) is 13.5. The van der Waals surface area contributed by atoms with E-state index in [1.807, 2.05) is 6.08 Å². The van der Waals surface area contributed by atoms with Crippen molar-refractivity contribution in [2.45, 2.75) is 294 Å². The molecule has 1 amide bonds. The minimum absolute atomic E-state index is 0.188. The average molecular weight is 985 g/mol. The van der Waals surface area contributed by atoms with Crippen molar-refractivity contribution < 1.29 is 39.8 Å². The van der Waals surface area contributed by atoms with Gasteiger partial charge in [-0.1, -0.05) is 254 Å². The second kappa shape index (κ2) is 50.2. The van der Waals surface area contributed by atoms with Crippen LogP contribution in [0.5, 0.6) is 0 Å². The van der Waals surface area contributed by atoms with Crippen molar-refractivity contribution in [3.63, 3.8) is 0 Å². The minimum atomic E-state index is -1.57. The number of rotatable bonds is 49. The Labute approximate surface area is 429 Å². The maximum absolute atomic E-state index is 13.0.